The van der Waals surface area contributed by atoms with Gasteiger partial charge in [0.2, 0.25) is 0 Å². The van der Waals surface area contributed by atoms with Gasteiger partial charge in [-0.25, -0.2) is 18.2 Å². The van der Waals surface area contributed by atoms with E-state index in [1.54, 1.807) is 12.3 Å². The van der Waals surface area contributed by atoms with Crippen LogP contribution in [0.2, 0.25) is 0 Å². The van der Waals surface area contributed by atoms with E-state index in [9.17, 15) is 18.3 Å². The lowest BCUT2D eigenvalue weighted by atomic mass is 10.0. The highest BCUT2D eigenvalue weighted by Gasteiger charge is 2.32. The van der Waals surface area contributed by atoms with Gasteiger partial charge in [0.25, 0.3) is 0 Å². The fourth-order valence-electron chi connectivity index (χ4n) is 4.04. The van der Waals surface area contributed by atoms with Crippen LogP contribution >= 0.6 is 0 Å². The molecule has 2 aliphatic heterocycles. The fraction of sp³-hybridized carbons (Fsp3) is 0.381. The number of hydrogen-bond donors (Lipinski definition) is 1. The van der Waals surface area contributed by atoms with E-state index in [4.69, 9.17) is 10.00 Å². The van der Waals surface area contributed by atoms with Crippen LogP contribution in [-0.2, 0) is 21.2 Å². The van der Waals surface area contributed by atoms with E-state index < -0.39 is 21.9 Å². The number of sulfone groups is 1. The van der Waals surface area contributed by atoms with Crippen molar-refractivity contribution in [1.29, 1.82) is 5.26 Å². The molecule has 2 aromatic rings. The number of nitrogens with zero attached hydrogens (tertiary/aromatic N) is 4. The van der Waals surface area contributed by atoms with Crippen LogP contribution in [0.4, 0.5) is 5.82 Å². The molecule has 0 spiro atoms. The molecule has 1 aromatic carbocycles. The molecule has 1 atom stereocenters. The Kier molecular flexibility index (Phi) is 5.66. The predicted octanol–water partition coefficient (Wildman–Crippen LogP) is 0.883. The van der Waals surface area contributed by atoms with Crippen molar-refractivity contribution in [3.05, 3.63) is 52.7 Å². The second-order valence-electron chi connectivity index (χ2n) is 7.68. The number of fused-ring (bicyclic) bond motifs is 1. The van der Waals surface area contributed by atoms with Gasteiger partial charge < -0.3 is 14.7 Å². The smallest absolute Gasteiger partial charge is 0.338 e. The normalized spacial score (nSPS) is 17.7. The maximum absolute atomic E-state index is 12.4. The third-order valence-electron chi connectivity index (χ3n) is 5.59. The van der Waals surface area contributed by atoms with Crippen LogP contribution in [-0.4, -0.2) is 68.4 Å². The van der Waals surface area contributed by atoms with E-state index in [0.29, 0.717) is 37.3 Å². The van der Waals surface area contributed by atoms with Crippen LogP contribution in [0.5, 0.6) is 0 Å². The van der Waals surface area contributed by atoms with Gasteiger partial charge in [0.05, 0.1) is 22.1 Å². The summed E-state index contributed by atoms with van der Waals surface area (Å²) in [7, 11) is -3.67. The number of pyridine rings is 1. The molecule has 0 amide bonds. The zero-order valence-electron chi connectivity index (χ0n) is 17.0. The molecule has 4 rings (SSSR count). The average molecular weight is 442 g/mol. The van der Waals surface area contributed by atoms with Crippen LogP contribution in [0, 0.1) is 11.3 Å². The van der Waals surface area contributed by atoms with Gasteiger partial charge in [0.15, 0.2) is 9.84 Å². The summed E-state index contributed by atoms with van der Waals surface area (Å²) in [5.41, 5.74) is 1.35. The minimum absolute atomic E-state index is 0.0104. The number of aromatic nitrogens is 1. The first-order valence-corrected chi connectivity index (χ1v) is 11.7. The molecule has 0 saturated carbocycles. The largest absolute Gasteiger partial charge is 0.457 e. The molecule has 2 aliphatic rings. The number of β-amino-alcohol motifs (C(OH)–C–C–N with tert-alkyl or cyclic N) is 1. The molecule has 162 valence electrons. The highest BCUT2D eigenvalue weighted by molar-refractivity contribution is 7.90. The number of carbonyl (C=O) groups is 1. The monoisotopic (exact) mass is 442 g/mol. The molecule has 3 heterocycles. The minimum atomic E-state index is -3.67. The predicted molar refractivity (Wildman–Crippen MR) is 111 cm³/mol. The van der Waals surface area contributed by atoms with E-state index in [1.165, 1.54) is 12.1 Å². The number of hydrogen-bond acceptors (Lipinski definition) is 9. The van der Waals surface area contributed by atoms with Crippen LogP contribution in [0.1, 0.15) is 33.2 Å². The van der Waals surface area contributed by atoms with Crippen molar-refractivity contribution in [1.82, 2.24) is 9.88 Å². The molecule has 1 N–H and O–H groups in total. The Hall–Kier alpha value is -3.00. The first-order valence-electron chi connectivity index (χ1n) is 9.82. The Balaban J connectivity index is 1.47. The zero-order chi connectivity index (χ0) is 22.2. The lowest BCUT2D eigenvalue weighted by Gasteiger charge is -2.36. The maximum atomic E-state index is 12.4. The number of carbonyl (C=O) groups excluding carboxylic acids is 1. The molecule has 1 aromatic heterocycles. The Morgan fingerprint density at radius 3 is 2.58 bits per heavy atom. The summed E-state index contributed by atoms with van der Waals surface area (Å²) >= 11 is 0. The van der Waals surface area contributed by atoms with E-state index in [0.717, 1.165) is 12.1 Å². The summed E-state index contributed by atoms with van der Waals surface area (Å²) in [5, 5.41) is 19.8. The van der Waals surface area contributed by atoms with Gasteiger partial charge in [-0.15, -0.1) is 0 Å². The quantitative estimate of drug-likeness (QED) is 0.672. The molecule has 0 bridgehead atoms. The van der Waals surface area contributed by atoms with E-state index in [1.807, 2.05) is 12.1 Å². The Labute approximate surface area is 180 Å². The summed E-state index contributed by atoms with van der Waals surface area (Å²) in [5.74, 6) is 0.246. The summed E-state index contributed by atoms with van der Waals surface area (Å²) in [6.07, 6.45) is 1.59. The number of anilines is 1. The van der Waals surface area contributed by atoms with E-state index >= 15 is 0 Å². The molecule has 10 heteroatoms. The van der Waals surface area contributed by atoms with Crippen molar-refractivity contribution < 1.29 is 23.1 Å². The minimum Gasteiger partial charge on any atom is -0.457 e. The first kappa shape index (κ1) is 21.2. The van der Waals surface area contributed by atoms with Crippen molar-refractivity contribution in [2.75, 3.05) is 43.9 Å². The van der Waals surface area contributed by atoms with Crippen LogP contribution < -0.4 is 4.90 Å². The number of rotatable bonds is 5. The maximum Gasteiger partial charge on any atom is 0.338 e. The average Bonchev–Trinajstić information content (AvgIpc) is 3.13. The van der Waals surface area contributed by atoms with Crippen molar-refractivity contribution >= 4 is 21.6 Å². The molecule has 0 radical (unpaired) electrons. The number of ether oxygens (including phenoxy) is 1. The van der Waals surface area contributed by atoms with E-state index in [2.05, 4.69) is 14.8 Å². The molecular formula is C21H22N4O5S. The summed E-state index contributed by atoms with van der Waals surface area (Å²) in [4.78, 5) is 20.3. The third kappa shape index (κ3) is 4.25. The number of nitriles is 1. The van der Waals surface area contributed by atoms with Crippen molar-refractivity contribution in [3.8, 4) is 6.07 Å². The van der Waals surface area contributed by atoms with Gasteiger partial charge in [-0.3, -0.25) is 4.90 Å². The van der Waals surface area contributed by atoms with Gasteiger partial charge in [-0.2, -0.15) is 5.26 Å². The Morgan fingerprint density at radius 1 is 1.23 bits per heavy atom. The summed E-state index contributed by atoms with van der Waals surface area (Å²) < 4.78 is 29.9. The Morgan fingerprint density at radius 2 is 1.97 bits per heavy atom. The van der Waals surface area contributed by atoms with Gasteiger partial charge >= 0.3 is 5.97 Å². The topological polar surface area (TPSA) is 124 Å². The molecule has 1 fully saturated rings. The van der Waals surface area contributed by atoms with Gasteiger partial charge in [0.1, 0.15) is 18.5 Å². The van der Waals surface area contributed by atoms with Gasteiger partial charge in [0, 0.05) is 56.3 Å². The van der Waals surface area contributed by atoms with Crippen molar-refractivity contribution in [3.63, 3.8) is 0 Å². The lowest BCUT2D eigenvalue weighted by Crippen LogP contribution is -2.47. The standard InChI is InChI=1S/C21H22N4O5S/c1-31(28,29)20-16(4-3-15-17(20)13-30-21(15)27)18(26)12-24-6-8-25(9-7-24)19-5-2-14(10-22)11-23-19/h2-5,11,18,26H,6-9,12-13H2,1H3/t18-/m0/s1. The van der Waals surface area contributed by atoms with Crippen LogP contribution in [0.25, 0.3) is 0 Å². The SMILES string of the molecule is CS(=O)(=O)c1c([C@@H](O)CN2CCN(c3ccc(C#N)cn3)CC2)ccc2c1COC2=O. The second-order valence-corrected chi connectivity index (χ2v) is 9.63. The zero-order valence-corrected chi connectivity index (χ0v) is 17.8. The third-order valence-corrected chi connectivity index (χ3v) is 6.82. The molecule has 9 nitrogen and oxygen atoms in total. The Bertz CT molecular complexity index is 1150. The van der Waals surface area contributed by atoms with Crippen molar-refractivity contribution in [2.24, 2.45) is 0 Å². The van der Waals surface area contributed by atoms with Crippen molar-refractivity contribution in [2.45, 2.75) is 17.6 Å². The van der Waals surface area contributed by atoms with Crippen LogP contribution in [0.3, 0.4) is 0 Å². The molecule has 1 saturated heterocycles. The fourth-order valence-corrected chi connectivity index (χ4v) is 5.29. The number of esters is 1. The second kappa shape index (κ2) is 8.26. The number of piperazine rings is 1. The number of aliphatic hydroxyl groups is 1. The number of cyclic esters (lactones) is 1. The summed E-state index contributed by atoms with van der Waals surface area (Å²) in [6, 6.07) is 8.62. The molecule has 0 unspecified atom stereocenters. The highest BCUT2D eigenvalue weighted by Crippen LogP contribution is 2.33. The molecular weight excluding hydrogens is 420 g/mol. The summed E-state index contributed by atoms with van der Waals surface area (Å²) in [6.45, 7) is 2.88. The molecule has 31 heavy (non-hydrogen) atoms. The lowest BCUT2D eigenvalue weighted by molar-refractivity contribution is 0.0533. The van der Waals surface area contributed by atoms with Crippen LogP contribution in [0.15, 0.2) is 35.4 Å². The first-order chi connectivity index (χ1) is 14.8. The highest BCUT2D eigenvalue weighted by atomic mass is 32.2. The number of aliphatic hydroxyl groups excluding tert-OH is 1. The van der Waals surface area contributed by atoms with E-state index in [-0.39, 0.29) is 29.2 Å². The van der Waals surface area contributed by atoms with Gasteiger partial charge in [-0.05, 0) is 18.2 Å². The molecule has 0 aliphatic carbocycles. The van der Waals surface area contributed by atoms with Gasteiger partial charge in [-0.1, -0.05) is 6.07 Å². The number of benzene rings is 1.